The van der Waals surface area contributed by atoms with Crippen LogP contribution in [0.5, 0.6) is 11.5 Å². The summed E-state index contributed by atoms with van der Waals surface area (Å²) in [5, 5.41) is 19.7. The normalized spacial score (nSPS) is 16.4. The molecule has 2 aromatic heterocycles. The second kappa shape index (κ2) is 13.5. The number of carbonyl (C=O) groups is 3. The molecule has 0 saturated carbocycles. The van der Waals surface area contributed by atoms with Crippen LogP contribution in [0.4, 0.5) is 21.9 Å². The quantitative estimate of drug-likeness (QED) is 0.135. The molecule has 1 fully saturated rings. The SMILES string of the molecule is CCNC(C)(C)/C=C(\C#N)C(=O)N1CCC[C@@H](NC(=O)c2sc3nccc4c3c2NC(=O)N4c2ccc(Oc3ccccc3)cc2C)C1. The molecular formula is C36H37N7O4S. The molecule has 0 unspecified atom stereocenters. The number of hydrogen-bond donors (Lipinski definition) is 3. The minimum atomic E-state index is -0.521. The average Bonchev–Trinajstić information content (AvgIpc) is 3.44. The molecule has 4 aromatic rings. The average molecular weight is 664 g/mol. The van der Waals surface area contributed by atoms with Gasteiger partial charge in [0.2, 0.25) is 0 Å². The molecule has 0 spiro atoms. The Balaban J connectivity index is 1.22. The summed E-state index contributed by atoms with van der Waals surface area (Å²) in [7, 11) is 0. The molecule has 12 heteroatoms. The molecule has 0 aliphatic carbocycles. The zero-order valence-electron chi connectivity index (χ0n) is 27.3. The summed E-state index contributed by atoms with van der Waals surface area (Å²) in [6.45, 7) is 9.17. The van der Waals surface area contributed by atoms with Crippen molar-refractivity contribution in [1.29, 1.82) is 5.26 Å². The smallest absolute Gasteiger partial charge is 0.331 e. The number of nitrogens with zero attached hydrogens (tertiary/aromatic N) is 4. The molecule has 1 saturated heterocycles. The number of piperidine rings is 1. The maximum Gasteiger partial charge on any atom is 0.331 e. The van der Waals surface area contributed by atoms with E-state index < -0.39 is 11.6 Å². The van der Waals surface area contributed by atoms with E-state index in [0.717, 1.165) is 5.56 Å². The Morgan fingerprint density at radius 1 is 1.17 bits per heavy atom. The van der Waals surface area contributed by atoms with Gasteiger partial charge in [0.05, 0.1) is 22.4 Å². The van der Waals surface area contributed by atoms with Gasteiger partial charge < -0.3 is 25.6 Å². The third kappa shape index (κ3) is 6.60. The topological polar surface area (TPSA) is 140 Å². The monoisotopic (exact) mass is 663 g/mol. The van der Waals surface area contributed by atoms with E-state index in [0.29, 0.717) is 69.6 Å². The van der Waals surface area contributed by atoms with Crippen LogP contribution in [0.15, 0.2) is 72.4 Å². The summed E-state index contributed by atoms with van der Waals surface area (Å²) in [5.41, 5.74) is 2.10. The zero-order chi connectivity index (χ0) is 34.0. The molecule has 4 heterocycles. The van der Waals surface area contributed by atoms with Crippen molar-refractivity contribution >= 4 is 56.5 Å². The lowest BCUT2D eigenvalue weighted by Crippen LogP contribution is -2.50. The standard InChI is InChI=1S/C36H37N7O4S/c1-5-39-36(3,4)19-23(20-37)34(45)42-17-9-10-24(21-42)40-32(44)31-30-29-28(15-16-38-33(29)48-31)43(35(46)41-30)27-14-13-26(18-22(27)2)47-25-11-7-6-8-12-25/h6-8,11-16,18-19,24,39H,5,9-10,17,21H2,1-4H3,(H,40,44)(H,41,46)/b23-19+/t24-/m1/s1. The van der Waals surface area contributed by atoms with Crippen molar-refractivity contribution in [1.82, 2.24) is 20.5 Å². The summed E-state index contributed by atoms with van der Waals surface area (Å²) in [6.07, 6.45) is 4.65. The van der Waals surface area contributed by atoms with E-state index in [4.69, 9.17) is 4.74 Å². The summed E-state index contributed by atoms with van der Waals surface area (Å²) in [5.74, 6) is 0.658. The largest absolute Gasteiger partial charge is 0.457 e. The molecule has 0 bridgehead atoms. The first kappa shape index (κ1) is 32.7. The number of nitrogens with one attached hydrogen (secondary N) is 3. The number of aryl methyl sites for hydroxylation is 1. The second-order valence-electron chi connectivity index (χ2n) is 12.4. The number of hydrogen-bond acceptors (Lipinski definition) is 8. The highest BCUT2D eigenvalue weighted by Gasteiger charge is 2.35. The van der Waals surface area contributed by atoms with Crippen molar-refractivity contribution in [3.8, 4) is 17.6 Å². The molecule has 3 N–H and O–H groups in total. The fourth-order valence-electron chi connectivity index (χ4n) is 6.26. The molecule has 1 atom stereocenters. The molecule has 6 rings (SSSR count). The number of pyridine rings is 1. The first-order valence-electron chi connectivity index (χ1n) is 15.9. The van der Waals surface area contributed by atoms with E-state index in [1.807, 2.05) is 76.2 Å². The second-order valence-corrected chi connectivity index (χ2v) is 13.4. The van der Waals surface area contributed by atoms with Crippen LogP contribution in [0.25, 0.3) is 10.2 Å². The van der Waals surface area contributed by atoms with Gasteiger partial charge in [-0.2, -0.15) is 5.26 Å². The van der Waals surface area contributed by atoms with E-state index in [1.54, 1.807) is 28.1 Å². The van der Waals surface area contributed by atoms with E-state index in [-0.39, 0.29) is 30.0 Å². The van der Waals surface area contributed by atoms with Crippen molar-refractivity contribution in [2.24, 2.45) is 0 Å². The molecule has 246 valence electrons. The Bertz CT molecular complexity index is 1960. The van der Waals surface area contributed by atoms with Crippen LogP contribution in [0.2, 0.25) is 0 Å². The number of aromatic nitrogens is 1. The Labute approximate surface area is 283 Å². The predicted molar refractivity (Wildman–Crippen MR) is 187 cm³/mol. The molecule has 0 radical (unpaired) electrons. The van der Waals surface area contributed by atoms with Gasteiger partial charge in [0, 0.05) is 30.9 Å². The Kier molecular flexibility index (Phi) is 9.17. The van der Waals surface area contributed by atoms with Crippen molar-refractivity contribution in [2.75, 3.05) is 29.9 Å². The number of likely N-dealkylation sites (tertiary alicyclic amines) is 1. The van der Waals surface area contributed by atoms with E-state index in [9.17, 15) is 19.6 Å². The van der Waals surface area contributed by atoms with Gasteiger partial charge >= 0.3 is 6.03 Å². The zero-order valence-corrected chi connectivity index (χ0v) is 28.1. The first-order chi connectivity index (χ1) is 23.1. The molecule has 2 aliphatic heterocycles. The first-order valence-corrected chi connectivity index (χ1v) is 16.7. The van der Waals surface area contributed by atoms with Crippen molar-refractivity contribution in [3.63, 3.8) is 0 Å². The number of para-hydroxylation sites is 1. The molecule has 4 amide bonds. The van der Waals surface area contributed by atoms with Gasteiger partial charge in [-0.05, 0) is 88.2 Å². The third-order valence-electron chi connectivity index (χ3n) is 8.37. The number of carbonyl (C=O) groups excluding carboxylic acids is 3. The van der Waals surface area contributed by atoms with Crippen LogP contribution in [0.1, 0.15) is 48.8 Å². The van der Waals surface area contributed by atoms with Crippen molar-refractivity contribution in [2.45, 2.75) is 52.1 Å². The third-order valence-corrected chi connectivity index (χ3v) is 9.47. The predicted octanol–water partition coefficient (Wildman–Crippen LogP) is 6.64. The van der Waals surface area contributed by atoms with Gasteiger partial charge in [-0.1, -0.05) is 25.1 Å². The van der Waals surface area contributed by atoms with Gasteiger partial charge in [0.15, 0.2) is 0 Å². The number of thiophene rings is 1. The lowest BCUT2D eigenvalue weighted by Gasteiger charge is -2.33. The van der Waals surface area contributed by atoms with Gasteiger partial charge in [0.1, 0.15) is 32.8 Å². The molecule has 48 heavy (non-hydrogen) atoms. The highest BCUT2D eigenvalue weighted by molar-refractivity contribution is 7.21. The Morgan fingerprint density at radius 2 is 1.96 bits per heavy atom. The van der Waals surface area contributed by atoms with Crippen LogP contribution in [0, 0.1) is 18.3 Å². The summed E-state index contributed by atoms with van der Waals surface area (Å²) >= 11 is 1.21. The minimum Gasteiger partial charge on any atom is -0.457 e. The number of ether oxygens (including phenoxy) is 1. The lowest BCUT2D eigenvalue weighted by molar-refractivity contribution is -0.128. The maximum absolute atomic E-state index is 13.7. The van der Waals surface area contributed by atoms with E-state index in [1.165, 1.54) is 11.3 Å². The van der Waals surface area contributed by atoms with Crippen molar-refractivity contribution < 1.29 is 19.1 Å². The Hall–Kier alpha value is -5.25. The number of amides is 4. The highest BCUT2D eigenvalue weighted by atomic mass is 32.1. The van der Waals surface area contributed by atoms with E-state index >= 15 is 0 Å². The maximum atomic E-state index is 13.7. The van der Waals surface area contributed by atoms with Crippen LogP contribution in [-0.4, -0.2) is 58.9 Å². The summed E-state index contributed by atoms with van der Waals surface area (Å²) in [6, 6.07) is 18.1. The minimum absolute atomic E-state index is 0.0707. The van der Waals surface area contributed by atoms with Crippen LogP contribution in [-0.2, 0) is 4.79 Å². The van der Waals surface area contributed by atoms with Gasteiger partial charge in [0.25, 0.3) is 11.8 Å². The fraction of sp³-hybridized carbons (Fsp3) is 0.306. The van der Waals surface area contributed by atoms with E-state index in [2.05, 4.69) is 27.0 Å². The number of urea groups is 1. The van der Waals surface area contributed by atoms with Crippen LogP contribution < -0.4 is 25.6 Å². The van der Waals surface area contributed by atoms with Gasteiger partial charge in [-0.3, -0.25) is 14.5 Å². The highest BCUT2D eigenvalue weighted by Crippen LogP contribution is 2.46. The number of nitriles is 1. The molecule has 11 nitrogen and oxygen atoms in total. The van der Waals surface area contributed by atoms with Crippen molar-refractivity contribution in [3.05, 3.63) is 82.9 Å². The number of likely N-dealkylation sites (N-methyl/N-ethyl adjacent to an activating group) is 1. The lowest BCUT2D eigenvalue weighted by atomic mass is 9.99. The molecule has 2 aliphatic rings. The van der Waals surface area contributed by atoms with Gasteiger partial charge in [-0.25, -0.2) is 9.78 Å². The molecule has 2 aromatic carbocycles. The summed E-state index contributed by atoms with van der Waals surface area (Å²) < 4.78 is 5.99. The van der Waals surface area contributed by atoms with Gasteiger partial charge in [-0.15, -0.1) is 11.3 Å². The number of rotatable bonds is 9. The van der Waals surface area contributed by atoms with Crippen LogP contribution in [0.3, 0.4) is 0 Å². The summed E-state index contributed by atoms with van der Waals surface area (Å²) in [4.78, 5) is 49.4. The Morgan fingerprint density at radius 3 is 2.69 bits per heavy atom. The number of benzene rings is 2. The number of anilines is 3. The van der Waals surface area contributed by atoms with Crippen LogP contribution >= 0.6 is 11.3 Å². The fourth-order valence-corrected chi connectivity index (χ4v) is 7.28. The molecular weight excluding hydrogens is 627 g/mol.